The van der Waals surface area contributed by atoms with E-state index in [9.17, 15) is 4.79 Å². The molecule has 0 radical (unpaired) electrons. The number of nitrogens with one attached hydrogen (secondary N) is 1. The van der Waals surface area contributed by atoms with Gasteiger partial charge in [0.2, 0.25) is 0 Å². The molecule has 100 valence electrons. The molecule has 1 saturated heterocycles. The second kappa shape index (κ2) is 6.97. The first-order chi connectivity index (χ1) is 8.08. The van der Waals surface area contributed by atoms with Gasteiger partial charge in [-0.05, 0) is 52.2 Å². The van der Waals surface area contributed by atoms with Gasteiger partial charge in [0, 0.05) is 6.04 Å². The first-order valence-electron chi connectivity index (χ1n) is 6.64. The molecule has 1 fully saturated rings. The largest absolute Gasteiger partial charge is 0.468 e. The molecule has 1 N–H and O–H groups in total. The van der Waals surface area contributed by atoms with Crippen molar-refractivity contribution in [3.8, 4) is 0 Å². The van der Waals surface area contributed by atoms with Crippen molar-refractivity contribution < 1.29 is 9.53 Å². The number of ether oxygens (including phenoxy) is 1. The molecular weight excluding hydrogens is 216 g/mol. The average molecular weight is 242 g/mol. The summed E-state index contributed by atoms with van der Waals surface area (Å²) < 4.78 is 4.73. The Labute approximate surface area is 105 Å². The highest BCUT2D eigenvalue weighted by molar-refractivity contribution is 5.75. The molecule has 0 aromatic heterocycles. The molecule has 1 rings (SSSR count). The lowest BCUT2D eigenvalue weighted by atomic mass is 9.90. The molecule has 1 aliphatic heterocycles. The fraction of sp³-hybridized carbons (Fsp3) is 0.923. The molecule has 17 heavy (non-hydrogen) atoms. The summed E-state index contributed by atoms with van der Waals surface area (Å²) in [6, 6.07) is 0.169. The van der Waals surface area contributed by atoms with Gasteiger partial charge < -0.3 is 15.0 Å². The average Bonchev–Trinajstić information content (AvgIpc) is 2.37. The predicted molar refractivity (Wildman–Crippen MR) is 68.9 cm³/mol. The van der Waals surface area contributed by atoms with Gasteiger partial charge in [-0.2, -0.15) is 0 Å². The summed E-state index contributed by atoms with van der Waals surface area (Å²) in [7, 11) is 1.44. The summed E-state index contributed by atoms with van der Waals surface area (Å²) >= 11 is 0. The van der Waals surface area contributed by atoms with E-state index in [0.717, 1.165) is 6.54 Å². The van der Waals surface area contributed by atoms with Crippen molar-refractivity contribution >= 4 is 5.97 Å². The summed E-state index contributed by atoms with van der Waals surface area (Å²) in [5, 5.41) is 3.34. The van der Waals surface area contributed by atoms with E-state index < -0.39 is 0 Å². The first kappa shape index (κ1) is 14.5. The number of hydrogen-bond donors (Lipinski definition) is 1. The van der Waals surface area contributed by atoms with Crippen LogP contribution in [0.15, 0.2) is 0 Å². The van der Waals surface area contributed by atoms with Crippen LogP contribution in [-0.2, 0) is 9.53 Å². The van der Waals surface area contributed by atoms with Gasteiger partial charge in [-0.1, -0.05) is 6.92 Å². The van der Waals surface area contributed by atoms with Crippen LogP contribution >= 0.6 is 0 Å². The Morgan fingerprint density at radius 2 is 2.00 bits per heavy atom. The Kier molecular flexibility index (Phi) is 5.92. The molecule has 1 heterocycles. The lowest BCUT2D eigenvalue weighted by molar-refractivity contribution is -0.142. The number of rotatable bonds is 5. The van der Waals surface area contributed by atoms with Crippen molar-refractivity contribution in [2.45, 2.75) is 45.7 Å². The Morgan fingerprint density at radius 1 is 1.41 bits per heavy atom. The summed E-state index contributed by atoms with van der Waals surface area (Å²) in [5.74, 6) is 0.493. The minimum absolute atomic E-state index is 0.178. The maximum atomic E-state index is 11.3. The van der Waals surface area contributed by atoms with E-state index >= 15 is 0 Å². The maximum Gasteiger partial charge on any atom is 0.322 e. The smallest absolute Gasteiger partial charge is 0.322 e. The van der Waals surface area contributed by atoms with Gasteiger partial charge in [0.15, 0.2) is 0 Å². The van der Waals surface area contributed by atoms with Crippen LogP contribution in [0.2, 0.25) is 0 Å². The number of carbonyl (C=O) groups excluding carboxylic acids is 1. The lowest BCUT2D eigenvalue weighted by Gasteiger charge is -2.35. The normalized spacial score (nSPS) is 22.1. The second-order valence-corrected chi connectivity index (χ2v) is 4.97. The minimum atomic E-state index is -0.209. The van der Waals surface area contributed by atoms with Crippen molar-refractivity contribution in [2.75, 3.05) is 26.7 Å². The lowest BCUT2D eigenvalue weighted by Crippen LogP contribution is -2.47. The number of esters is 1. The molecule has 0 spiro atoms. The van der Waals surface area contributed by atoms with Gasteiger partial charge in [0.25, 0.3) is 0 Å². The molecule has 0 bridgehead atoms. The van der Waals surface area contributed by atoms with Crippen molar-refractivity contribution in [3.05, 3.63) is 0 Å². The van der Waals surface area contributed by atoms with Gasteiger partial charge in [-0.3, -0.25) is 4.79 Å². The van der Waals surface area contributed by atoms with Crippen molar-refractivity contribution in [1.29, 1.82) is 0 Å². The van der Waals surface area contributed by atoms with Gasteiger partial charge >= 0.3 is 5.97 Å². The number of carbonyl (C=O) groups is 1. The molecule has 0 saturated carbocycles. The van der Waals surface area contributed by atoms with Crippen LogP contribution in [0, 0.1) is 5.92 Å². The fourth-order valence-electron chi connectivity index (χ4n) is 2.54. The predicted octanol–water partition coefficient (Wildman–Crippen LogP) is 1.26. The molecule has 0 aromatic rings. The fourth-order valence-corrected chi connectivity index (χ4v) is 2.54. The summed E-state index contributed by atoms with van der Waals surface area (Å²) in [4.78, 5) is 13.8. The van der Waals surface area contributed by atoms with Crippen LogP contribution < -0.4 is 5.32 Å². The molecular formula is C13H26N2O2. The Morgan fingerprint density at radius 3 is 2.47 bits per heavy atom. The van der Waals surface area contributed by atoms with Gasteiger partial charge in [-0.15, -0.1) is 0 Å². The monoisotopic (exact) mass is 242 g/mol. The zero-order chi connectivity index (χ0) is 12.8. The first-order valence-corrected chi connectivity index (χ1v) is 6.64. The van der Waals surface area contributed by atoms with Crippen LogP contribution in [0.25, 0.3) is 0 Å². The maximum absolute atomic E-state index is 11.3. The van der Waals surface area contributed by atoms with E-state index in [1.807, 2.05) is 6.92 Å². The number of nitrogens with zero attached hydrogens (tertiary/aromatic N) is 1. The van der Waals surface area contributed by atoms with Gasteiger partial charge in [-0.25, -0.2) is 0 Å². The Bertz CT molecular complexity index is 238. The highest BCUT2D eigenvalue weighted by atomic mass is 16.5. The van der Waals surface area contributed by atoms with Crippen molar-refractivity contribution in [1.82, 2.24) is 10.2 Å². The molecule has 1 unspecified atom stereocenters. The standard InChI is InChI=1S/C13H26N2O2/c1-5-15-8-6-12(7-9-15)10(2)14-11(3)13(16)17-4/h10-12,14H,5-9H2,1-4H3/t10?,11-/m0/s1. The Balaban J connectivity index is 2.33. The van der Waals surface area contributed by atoms with E-state index in [0.29, 0.717) is 12.0 Å². The van der Waals surface area contributed by atoms with Gasteiger partial charge in [0.1, 0.15) is 6.04 Å². The summed E-state index contributed by atoms with van der Waals surface area (Å²) in [6.07, 6.45) is 2.44. The van der Waals surface area contributed by atoms with E-state index in [1.165, 1.54) is 33.0 Å². The van der Waals surface area contributed by atoms with Crippen LogP contribution in [0.4, 0.5) is 0 Å². The summed E-state index contributed by atoms with van der Waals surface area (Å²) in [5.41, 5.74) is 0. The molecule has 0 aromatic carbocycles. The van der Waals surface area contributed by atoms with Crippen molar-refractivity contribution in [3.63, 3.8) is 0 Å². The molecule has 2 atom stereocenters. The molecule has 1 aliphatic rings. The van der Waals surface area contributed by atoms with E-state index in [-0.39, 0.29) is 12.0 Å². The zero-order valence-corrected chi connectivity index (χ0v) is 11.5. The number of methoxy groups -OCH3 is 1. The van der Waals surface area contributed by atoms with Crippen LogP contribution in [-0.4, -0.2) is 49.7 Å². The van der Waals surface area contributed by atoms with E-state index in [4.69, 9.17) is 4.74 Å². The Hall–Kier alpha value is -0.610. The summed E-state index contributed by atoms with van der Waals surface area (Å²) in [6.45, 7) is 9.75. The number of likely N-dealkylation sites (tertiary alicyclic amines) is 1. The zero-order valence-electron chi connectivity index (χ0n) is 11.5. The molecule has 4 heteroatoms. The van der Waals surface area contributed by atoms with Crippen LogP contribution in [0.3, 0.4) is 0 Å². The third kappa shape index (κ3) is 4.28. The van der Waals surface area contributed by atoms with Gasteiger partial charge in [0.05, 0.1) is 7.11 Å². The second-order valence-electron chi connectivity index (χ2n) is 4.97. The number of hydrogen-bond acceptors (Lipinski definition) is 4. The van der Waals surface area contributed by atoms with Crippen molar-refractivity contribution in [2.24, 2.45) is 5.92 Å². The molecule has 0 aliphatic carbocycles. The third-order valence-electron chi connectivity index (χ3n) is 3.85. The third-order valence-corrected chi connectivity index (χ3v) is 3.85. The quantitative estimate of drug-likeness (QED) is 0.737. The minimum Gasteiger partial charge on any atom is -0.468 e. The topological polar surface area (TPSA) is 41.6 Å². The van der Waals surface area contributed by atoms with Crippen LogP contribution in [0.5, 0.6) is 0 Å². The number of piperidine rings is 1. The molecule has 0 amide bonds. The van der Waals surface area contributed by atoms with E-state index in [2.05, 4.69) is 24.1 Å². The SMILES string of the molecule is CCN1CCC(C(C)N[C@@H](C)C(=O)OC)CC1. The highest BCUT2D eigenvalue weighted by Gasteiger charge is 2.25. The molecule has 4 nitrogen and oxygen atoms in total. The highest BCUT2D eigenvalue weighted by Crippen LogP contribution is 2.20. The van der Waals surface area contributed by atoms with E-state index in [1.54, 1.807) is 0 Å². The van der Waals surface area contributed by atoms with Crippen LogP contribution in [0.1, 0.15) is 33.6 Å².